The number of aromatic nitrogens is 4. The van der Waals surface area contributed by atoms with Gasteiger partial charge in [-0.3, -0.25) is 4.98 Å². The Hall–Kier alpha value is -3.32. The van der Waals surface area contributed by atoms with Crippen molar-refractivity contribution in [3.63, 3.8) is 0 Å². The molecular weight excluding hydrogens is 356 g/mol. The van der Waals surface area contributed by atoms with Crippen LogP contribution in [-0.4, -0.2) is 38.8 Å². The predicted molar refractivity (Wildman–Crippen MR) is 106 cm³/mol. The largest absolute Gasteiger partial charge is 0.493 e. The van der Waals surface area contributed by atoms with Crippen LogP contribution in [0, 0.1) is 0 Å². The summed E-state index contributed by atoms with van der Waals surface area (Å²) in [5.74, 6) is 1.55. The minimum atomic E-state index is -1.26. The molecular formula is C21H22N4O3. The van der Waals surface area contributed by atoms with Gasteiger partial charge in [0.2, 0.25) is 0 Å². The molecule has 0 aliphatic carbocycles. The maximum atomic E-state index is 11.1. The van der Waals surface area contributed by atoms with Gasteiger partial charge in [-0.05, 0) is 37.3 Å². The van der Waals surface area contributed by atoms with Crippen LogP contribution in [0.2, 0.25) is 0 Å². The van der Waals surface area contributed by atoms with E-state index in [1.165, 1.54) is 0 Å². The number of methoxy groups -OCH3 is 2. The van der Waals surface area contributed by atoms with Gasteiger partial charge in [-0.1, -0.05) is 0 Å². The highest BCUT2D eigenvalue weighted by atomic mass is 16.5. The van der Waals surface area contributed by atoms with Crippen molar-refractivity contribution < 1.29 is 14.6 Å². The highest BCUT2D eigenvalue weighted by Gasteiger charge is 2.30. The first kappa shape index (κ1) is 18.1. The van der Waals surface area contributed by atoms with Gasteiger partial charge in [0.25, 0.3) is 0 Å². The zero-order valence-electron chi connectivity index (χ0n) is 16.0. The number of pyridine rings is 1. The van der Waals surface area contributed by atoms with Crippen molar-refractivity contribution in [1.82, 2.24) is 19.5 Å². The van der Waals surface area contributed by atoms with E-state index in [1.807, 2.05) is 47.3 Å². The number of imidazole rings is 1. The first-order valence-corrected chi connectivity index (χ1v) is 8.93. The van der Waals surface area contributed by atoms with Crippen LogP contribution in [0.1, 0.15) is 18.4 Å². The quantitative estimate of drug-likeness (QED) is 0.538. The third-order valence-electron chi connectivity index (χ3n) is 4.76. The Morgan fingerprint density at radius 1 is 1.14 bits per heavy atom. The summed E-state index contributed by atoms with van der Waals surface area (Å²) in [7, 11) is 3.13. The van der Waals surface area contributed by atoms with Crippen LogP contribution < -0.4 is 9.47 Å². The molecule has 3 heterocycles. The number of fused-ring (bicyclic) bond motifs is 1. The molecule has 3 aromatic heterocycles. The Kier molecular flexibility index (Phi) is 4.52. The SMILES string of the molecule is COc1ccnc(CC(C)(O)c2nc3cc(-n4cccc4)ccc3[nH]2)c1OC. The molecule has 1 aromatic carbocycles. The lowest BCUT2D eigenvalue weighted by atomic mass is 9.98. The van der Waals surface area contributed by atoms with E-state index in [4.69, 9.17) is 9.47 Å². The fourth-order valence-electron chi connectivity index (χ4n) is 3.30. The second kappa shape index (κ2) is 7.01. The number of hydrogen-bond donors (Lipinski definition) is 2. The van der Waals surface area contributed by atoms with Gasteiger partial charge in [0.1, 0.15) is 11.4 Å². The van der Waals surface area contributed by atoms with Gasteiger partial charge in [-0.25, -0.2) is 4.98 Å². The van der Waals surface area contributed by atoms with Gasteiger partial charge in [-0.15, -0.1) is 0 Å². The standard InChI is InChI=1S/C21H22N4O3/c1-21(26,13-17-19(28-3)18(27-2)8-9-22-17)20-23-15-7-6-14(12-16(15)24-20)25-10-4-5-11-25/h4-12,26H,13H2,1-3H3,(H,23,24). The average Bonchev–Trinajstić information content (AvgIpc) is 3.36. The lowest BCUT2D eigenvalue weighted by molar-refractivity contribution is 0.0475. The lowest BCUT2D eigenvalue weighted by Crippen LogP contribution is -2.26. The topological polar surface area (TPSA) is 85.2 Å². The second-order valence-corrected chi connectivity index (χ2v) is 6.82. The molecule has 0 amide bonds. The molecule has 2 N–H and O–H groups in total. The van der Waals surface area contributed by atoms with Crippen LogP contribution in [0.5, 0.6) is 11.5 Å². The Bertz CT molecular complexity index is 1100. The maximum Gasteiger partial charge on any atom is 0.182 e. The summed E-state index contributed by atoms with van der Waals surface area (Å²) in [6.07, 6.45) is 5.81. The van der Waals surface area contributed by atoms with E-state index in [0.29, 0.717) is 23.0 Å². The van der Waals surface area contributed by atoms with Crippen molar-refractivity contribution in [3.8, 4) is 17.2 Å². The van der Waals surface area contributed by atoms with Gasteiger partial charge >= 0.3 is 0 Å². The summed E-state index contributed by atoms with van der Waals surface area (Å²) < 4.78 is 12.8. The second-order valence-electron chi connectivity index (χ2n) is 6.82. The van der Waals surface area contributed by atoms with Crippen LogP contribution in [0.4, 0.5) is 0 Å². The molecule has 144 valence electrons. The third-order valence-corrected chi connectivity index (χ3v) is 4.76. The summed E-state index contributed by atoms with van der Waals surface area (Å²) >= 11 is 0. The maximum absolute atomic E-state index is 11.1. The number of hydrogen-bond acceptors (Lipinski definition) is 5. The van der Waals surface area contributed by atoms with E-state index in [9.17, 15) is 5.11 Å². The molecule has 0 spiro atoms. The number of ether oxygens (including phenoxy) is 2. The highest BCUT2D eigenvalue weighted by Crippen LogP contribution is 2.34. The van der Waals surface area contributed by atoms with Crippen molar-refractivity contribution in [2.75, 3.05) is 14.2 Å². The number of rotatable bonds is 6. The molecule has 1 unspecified atom stereocenters. The van der Waals surface area contributed by atoms with Gasteiger partial charge in [0.05, 0.1) is 30.9 Å². The average molecular weight is 378 g/mol. The summed E-state index contributed by atoms with van der Waals surface area (Å²) in [6, 6.07) is 11.6. The third kappa shape index (κ3) is 3.20. The molecule has 1 atom stereocenters. The zero-order valence-corrected chi connectivity index (χ0v) is 16.0. The van der Waals surface area contributed by atoms with Crippen LogP contribution in [-0.2, 0) is 12.0 Å². The predicted octanol–water partition coefficient (Wildman–Crippen LogP) is 3.22. The minimum absolute atomic E-state index is 0.220. The molecule has 4 aromatic rings. The molecule has 0 bridgehead atoms. The molecule has 0 saturated carbocycles. The van der Waals surface area contributed by atoms with E-state index < -0.39 is 5.60 Å². The zero-order chi connectivity index (χ0) is 19.7. The smallest absolute Gasteiger partial charge is 0.182 e. The van der Waals surface area contributed by atoms with Crippen LogP contribution in [0.3, 0.4) is 0 Å². The van der Waals surface area contributed by atoms with Crippen molar-refractivity contribution in [1.29, 1.82) is 0 Å². The van der Waals surface area contributed by atoms with Crippen LogP contribution >= 0.6 is 0 Å². The van der Waals surface area contributed by atoms with Crippen molar-refractivity contribution in [2.24, 2.45) is 0 Å². The van der Waals surface area contributed by atoms with E-state index in [-0.39, 0.29) is 6.42 Å². The first-order chi connectivity index (χ1) is 13.5. The van der Waals surface area contributed by atoms with Crippen LogP contribution in [0.15, 0.2) is 55.0 Å². The van der Waals surface area contributed by atoms with Gasteiger partial charge < -0.3 is 24.1 Å². The summed E-state index contributed by atoms with van der Waals surface area (Å²) in [4.78, 5) is 12.2. The molecule has 28 heavy (non-hydrogen) atoms. The van der Waals surface area contributed by atoms with Gasteiger partial charge in [0.15, 0.2) is 11.5 Å². The number of nitrogens with zero attached hydrogens (tertiary/aromatic N) is 3. The minimum Gasteiger partial charge on any atom is -0.493 e. The molecule has 0 aliphatic rings. The molecule has 4 rings (SSSR count). The molecule has 0 saturated heterocycles. The molecule has 0 aliphatic heterocycles. The molecule has 7 nitrogen and oxygen atoms in total. The number of nitrogens with one attached hydrogen (secondary N) is 1. The van der Waals surface area contributed by atoms with Crippen molar-refractivity contribution in [3.05, 3.63) is 66.5 Å². The monoisotopic (exact) mass is 378 g/mol. The normalized spacial score (nSPS) is 13.4. The molecule has 7 heteroatoms. The van der Waals surface area contributed by atoms with E-state index in [1.54, 1.807) is 33.4 Å². The van der Waals surface area contributed by atoms with Crippen LogP contribution in [0.25, 0.3) is 16.7 Å². The Morgan fingerprint density at radius 2 is 1.93 bits per heavy atom. The first-order valence-electron chi connectivity index (χ1n) is 8.93. The Balaban J connectivity index is 1.69. The summed E-state index contributed by atoms with van der Waals surface area (Å²) in [5.41, 5.74) is 1.98. The Labute approximate surface area is 162 Å². The number of aliphatic hydroxyl groups is 1. The summed E-state index contributed by atoms with van der Waals surface area (Å²) in [6.45, 7) is 1.71. The fraction of sp³-hybridized carbons (Fsp3) is 0.238. The molecule has 0 radical (unpaired) electrons. The Morgan fingerprint density at radius 3 is 2.64 bits per heavy atom. The summed E-state index contributed by atoms with van der Waals surface area (Å²) in [5, 5.41) is 11.1. The number of benzene rings is 1. The number of aromatic amines is 1. The van der Waals surface area contributed by atoms with E-state index in [0.717, 1.165) is 16.7 Å². The van der Waals surface area contributed by atoms with E-state index >= 15 is 0 Å². The van der Waals surface area contributed by atoms with Gasteiger partial charge in [-0.2, -0.15) is 0 Å². The van der Waals surface area contributed by atoms with Gasteiger partial charge in [0, 0.05) is 36.8 Å². The fourth-order valence-corrected chi connectivity index (χ4v) is 3.30. The van der Waals surface area contributed by atoms with E-state index in [2.05, 4.69) is 15.0 Å². The number of H-pyrrole nitrogens is 1. The molecule has 0 fully saturated rings. The van der Waals surface area contributed by atoms with Crippen molar-refractivity contribution >= 4 is 11.0 Å². The lowest BCUT2D eigenvalue weighted by Gasteiger charge is -2.22. The highest BCUT2D eigenvalue weighted by molar-refractivity contribution is 5.77. The van der Waals surface area contributed by atoms with Crippen molar-refractivity contribution in [2.45, 2.75) is 18.9 Å².